The number of benzene rings is 3. The third kappa shape index (κ3) is 2.95. The van der Waals surface area contributed by atoms with Crippen molar-refractivity contribution in [3.63, 3.8) is 0 Å². The summed E-state index contributed by atoms with van der Waals surface area (Å²) in [4.78, 5) is 2.59. The van der Waals surface area contributed by atoms with E-state index >= 15 is 0 Å². The van der Waals surface area contributed by atoms with E-state index in [0.29, 0.717) is 19.4 Å². The molecule has 4 nitrogen and oxygen atoms in total. The number of ether oxygens (including phenoxy) is 3. The maximum atomic E-state index is 6.27. The molecule has 3 aromatic carbocycles. The molecule has 1 atom stereocenters. The van der Waals surface area contributed by atoms with Crippen molar-refractivity contribution >= 4 is 0 Å². The summed E-state index contributed by atoms with van der Waals surface area (Å²) in [5, 5.41) is 0. The maximum absolute atomic E-state index is 6.27. The highest BCUT2D eigenvalue weighted by Crippen LogP contribution is 2.45. The third-order valence-electron chi connectivity index (χ3n) is 6.34. The Morgan fingerprint density at radius 2 is 1.79 bits per heavy atom. The third-order valence-corrected chi connectivity index (χ3v) is 6.34. The molecule has 1 unspecified atom stereocenters. The summed E-state index contributed by atoms with van der Waals surface area (Å²) in [6.45, 7) is 2.97. The van der Waals surface area contributed by atoms with E-state index in [2.05, 4.69) is 59.5 Å². The van der Waals surface area contributed by atoms with E-state index in [1.54, 1.807) is 0 Å². The van der Waals surface area contributed by atoms with Gasteiger partial charge in [0.05, 0.1) is 0 Å². The number of nitrogens with zero attached hydrogens (tertiary/aromatic N) is 1. The number of fused-ring (bicyclic) bond motifs is 5. The van der Waals surface area contributed by atoms with Crippen LogP contribution in [0.4, 0.5) is 0 Å². The molecule has 6 rings (SSSR count). The lowest BCUT2D eigenvalue weighted by atomic mass is 9.83. The van der Waals surface area contributed by atoms with Crippen LogP contribution in [0.2, 0.25) is 0 Å². The van der Waals surface area contributed by atoms with E-state index in [0.717, 1.165) is 43.2 Å². The summed E-state index contributed by atoms with van der Waals surface area (Å²) >= 11 is 0. The molecule has 0 N–H and O–H groups in total. The lowest BCUT2D eigenvalue weighted by Gasteiger charge is -2.41. The molecule has 3 heterocycles. The number of rotatable bonds is 3. The summed E-state index contributed by atoms with van der Waals surface area (Å²) in [7, 11) is 0. The number of hydrogen-bond donors (Lipinski definition) is 0. The van der Waals surface area contributed by atoms with Crippen LogP contribution in [0.3, 0.4) is 0 Å². The van der Waals surface area contributed by atoms with Gasteiger partial charge in [-0.15, -0.1) is 0 Å². The van der Waals surface area contributed by atoms with Crippen LogP contribution in [0.1, 0.15) is 33.9 Å². The highest BCUT2D eigenvalue weighted by atomic mass is 16.7. The van der Waals surface area contributed by atoms with E-state index in [1.165, 1.54) is 27.8 Å². The molecule has 146 valence electrons. The molecule has 0 spiro atoms. The van der Waals surface area contributed by atoms with Gasteiger partial charge in [0.2, 0.25) is 6.79 Å². The molecule has 4 heteroatoms. The van der Waals surface area contributed by atoms with Crippen molar-refractivity contribution in [3.8, 4) is 17.2 Å². The summed E-state index contributed by atoms with van der Waals surface area (Å²) in [5.41, 5.74) is 6.69. The van der Waals surface area contributed by atoms with Crippen LogP contribution in [0.15, 0.2) is 60.7 Å². The molecule has 0 radical (unpaired) electrons. The Balaban J connectivity index is 1.32. The van der Waals surface area contributed by atoms with Crippen LogP contribution in [-0.2, 0) is 26.0 Å². The minimum atomic E-state index is 0.326. The van der Waals surface area contributed by atoms with Crippen LogP contribution in [-0.4, -0.2) is 18.2 Å². The molecule has 0 aliphatic carbocycles. The maximum Gasteiger partial charge on any atom is 0.231 e. The molecule has 0 fully saturated rings. The summed E-state index contributed by atoms with van der Waals surface area (Å²) < 4.78 is 17.5. The van der Waals surface area contributed by atoms with Gasteiger partial charge in [-0.05, 0) is 53.3 Å². The Kier molecular flexibility index (Phi) is 3.98. The minimum Gasteiger partial charge on any atom is -0.489 e. The predicted octanol–water partition coefficient (Wildman–Crippen LogP) is 4.65. The van der Waals surface area contributed by atoms with Gasteiger partial charge >= 0.3 is 0 Å². The fourth-order valence-electron chi connectivity index (χ4n) is 4.85. The number of hydrogen-bond acceptors (Lipinski definition) is 4. The Morgan fingerprint density at radius 1 is 0.931 bits per heavy atom. The van der Waals surface area contributed by atoms with Gasteiger partial charge in [-0.3, -0.25) is 4.90 Å². The molecule has 0 aromatic heterocycles. The Labute approximate surface area is 170 Å². The van der Waals surface area contributed by atoms with Crippen LogP contribution in [0.5, 0.6) is 17.2 Å². The fourth-order valence-corrected chi connectivity index (χ4v) is 4.85. The van der Waals surface area contributed by atoms with Crippen molar-refractivity contribution in [1.82, 2.24) is 4.90 Å². The van der Waals surface area contributed by atoms with E-state index < -0.39 is 0 Å². The first-order valence-corrected chi connectivity index (χ1v) is 10.3. The molecule has 0 bridgehead atoms. The monoisotopic (exact) mass is 385 g/mol. The molecule has 29 heavy (non-hydrogen) atoms. The molecule has 3 aliphatic rings. The van der Waals surface area contributed by atoms with Gasteiger partial charge in [0.25, 0.3) is 0 Å². The lowest BCUT2D eigenvalue weighted by molar-refractivity contribution is 0.158. The summed E-state index contributed by atoms with van der Waals surface area (Å²) in [6.07, 6.45) is 2.02. The van der Waals surface area contributed by atoms with E-state index in [4.69, 9.17) is 14.2 Å². The highest BCUT2D eigenvalue weighted by Gasteiger charge is 2.34. The first kappa shape index (κ1) is 16.9. The van der Waals surface area contributed by atoms with Crippen molar-refractivity contribution in [2.45, 2.75) is 32.0 Å². The van der Waals surface area contributed by atoms with Crippen molar-refractivity contribution in [1.29, 1.82) is 0 Å². The van der Waals surface area contributed by atoms with Gasteiger partial charge in [0, 0.05) is 24.7 Å². The minimum absolute atomic E-state index is 0.326. The Morgan fingerprint density at radius 3 is 2.69 bits per heavy atom. The topological polar surface area (TPSA) is 30.9 Å². The fraction of sp³-hybridized carbons (Fsp3) is 0.280. The standard InChI is InChI=1S/C25H23NO3/c1-2-5-17(6-3-1)15-27-23-8-4-7-19-14-26-10-9-18-11-24-25(29-16-28-24)13-20(18)22(26)12-21(19)23/h1-8,11,13,22H,9-10,12,14-16H2. The zero-order valence-electron chi connectivity index (χ0n) is 16.3. The van der Waals surface area contributed by atoms with Gasteiger partial charge < -0.3 is 14.2 Å². The van der Waals surface area contributed by atoms with Crippen LogP contribution in [0, 0.1) is 0 Å². The van der Waals surface area contributed by atoms with Crippen LogP contribution >= 0.6 is 0 Å². The SMILES string of the molecule is c1ccc(COc2cccc3c2CC2c4cc5c(cc4CCN2C3)OCO5)cc1. The molecular weight excluding hydrogens is 362 g/mol. The van der Waals surface area contributed by atoms with Gasteiger partial charge in [0.1, 0.15) is 12.4 Å². The smallest absolute Gasteiger partial charge is 0.231 e. The molecule has 0 saturated carbocycles. The van der Waals surface area contributed by atoms with Crippen molar-refractivity contribution < 1.29 is 14.2 Å². The average Bonchev–Trinajstić information content (AvgIpc) is 3.23. The summed E-state index contributed by atoms with van der Waals surface area (Å²) in [5.74, 6) is 2.78. The van der Waals surface area contributed by atoms with Crippen LogP contribution < -0.4 is 14.2 Å². The zero-order valence-corrected chi connectivity index (χ0v) is 16.3. The second-order valence-electron chi connectivity index (χ2n) is 8.01. The molecule has 3 aromatic rings. The molecule has 0 saturated heterocycles. The van der Waals surface area contributed by atoms with Gasteiger partial charge in [-0.2, -0.15) is 0 Å². The molecular formula is C25H23NO3. The largest absolute Gasteiger partial charge is 0.489 e. The van der Waals surface area contributed by atoms with Gasteiger partial charge in [0.15, 0.2) is 11.5 Å². The first-order chi connectivity index (χ1) is 14.3. The van der Waals surface area contributed by atoms with Crippen molar-refractivity contribution in [3.05, 3.63) is 88.5 Å². The van der Waals surface area contributed by atoms with Gasteiger partial charge in [-0.25, -0.2) is 0 Å². The highest BCUT2D eigenvalue weighted by molar-refractivity contribution is 5.52. The van der Waals surface area contributed by atoms with Crippen molar-refractivity contribution in [2.75, 3.05) is 13.3 Å². The van der Waals surface area contributed by atoms with Crippen LogP contribution in [0.25, 0.3) is 0 Å². The van der Waals surface area contributed by atoms with E-state index in [1.807, 2.05) is 6.07 Å². The zero-order chi connectivity index (χ0) is 19.2. The Hall–Kier alpha value is -2.98. The van der Waals surface area contributed by atoms with E-state index in [9.17, 15) is 0 Å². The lowest BCUT2D eigenvalue weighted by Crippen LogP contribution is -2.39. The quantitative estimate of drug-likeness (QED) is 0.657. The average molecular weight is 385 g/mol. The Bertz CT molecular complexity index is 1060. The second-order valence-corrected chi connectivity index (χ2v) is 8.01. The van der Waals surface area contributed by atoms with Gasteiger partial charge in [-0.1, -0.05) is 42.5 Å². The normalized spacial score (nSPS) is 19.2. The van der Waals surface area contributed by atoms with E-state index in [-0.39, 0.29) is 0 Å². The predicted molar refractivity (Wildman–Crippen MR) is 110 cm³/mol. The molecule has 0 amide bonds. The first-order valence-electron chi connectivity index (χ1n) is 10.3. The van der Waals surface area contributed by atoms with Crippen molar-refractivity contribution in [2.24, 2.45) is 0 Å². The summed E-state index contributed by atoms with van der Waals surface area (Å²) in [6, 6.07) is 21.6. The molecule has 3 aliphatic heterocycles. The second kappa shape index (κ2) is 6.82.